The molecule has 0 saturated carbocycles. The molecule has 0 unspecified atom stereocenters. The number of alkyl halides is 6. The van der Waals surface area contributed by atoms with E-state index in [-0.39, 0.29) is 6.92 Å². The van der Waals surface area contributed by atoms with Crippen LogP contribution in [0.1, 0.15) is 6.92 Å². The van der Waals surface area contributed by atoms with Gasteiger partial charge >= 0.3 is 18.9 Å². The van der Waals surface area contributed by atoms with Gasteiger partial charge in [-0.05, 0) is 6.92 Å². The molecule has 1 heterocycles. The molecular weight excluding hydrogens is 366 g/mol. The maximum Gasteiger partial charge on any atom is 0.506 e. The highest BCUT2D eigenvalue weighted by atomic mass is 32.3. The van der Waals surface area contributed by atoms with Crippen LogP contribution >= 0.6 is 0 Å². The van der Waals surface area contributed by atoms with Gasteiger partial charge in [-0.15, -0.1) is 26.3 Å². The molecule has 0 aromatic heterocycles. The Labute approximate surface area is 112 Å². The van der Waals surface area contributed by atoms with E-state index in [1.165, 1.54) is 0 Å². The Kier molecular flexibility index (Phi) is 4.30. The predicted molar refractivity (Wildman–Crippen MR) is 46.5 cm³/mol. The molecule has 0 aliphatic carbocycles. The molecule has 0 radical (unpaired) electrons. The Morgan fingerprint density at radius 2 is 1.00 bits per heavy atom. The molecule has 0 atom stereocenters. The van der Waals surface area contributed by atoms with E-state index in [2.05, 4.69) is 17.8 Å². The van der Waals surface area contributed by atoms with Crippen molar-refractivity contribution < 1.29 is 61.0 Å². The Bertz CT molecular complexity index is 559. The van der Waals surface area contributed by atoms with E-state index in [1.54, 1.807) is 0 Å². The van der Waals surface area contributed by atoms with Gasteiger partial charge in [0.05, 0.1) is 0 Å². The van der Waals surface area contributed by atoms with Gasteiger partial charge in [0.1, 0.15) is 0 Å². The first-order chi connectivity index (χ1) is 8.98. The zero-order chi connectivity index (χ0) is 16.9. The average Bonchev–Trinajstić information content (AvgIpc) is 2.06. The highest BCUT2D eigenvalue weighted by Gasteiger charge is 2.60. The fourth-order valence-corrected chi connectivity index (χ4v) is 3.15. The van der Waals surface area contributed by atoms with Gasteiger partial charge in [0.2, 0.25) is 4.58 Å². The molecule has 1 aliphatic rings. The second-order valence-electron chi connectivity index (χ2n) is 3.31. The Hall–Kier alpha value is -0.680. The van der Waals surface area contributed by atoms with Crippen molar-refractivity contribution in [2.75, 3.05) is 0 Å². The van der Waals surface area contributed by atoms with Crippen LogP contribution in [-0.2, 0) is 38.1 Å². The Balaban J connectivity index is 3.42. The smallest absolute Gasteiger partial charge is 0.203 e. The molecule has 0 amide bonds. The van der Waals surface area contributed by atoms with Crippen molar-refractivity contribution in [2.24, 2.45) is 0 Å². The molecule has 16 heteroatoms. The van der Waals surface area contributed by atoms with Crippen LogP contribution < -0.4 is 0 Å². The van der Waals surface area contributed by atoms with Crippen molar-refractivity contribution in [3.8, 4) is 0 Å². The summed E-state index contributed by atoms with van der Waals surface area (Å²) >= 11 is 0. The molecule has 1 aliphatic heterocycles. The van der Waals surface area contributed by atoms with Gasteiger partial charge in [0.25, 0.3) is 20.2 Å². The van der Waals surface area contributed by atoms with Gasteiger partial charge < -0.3 is 0 Å². The first-order valence-electron chi connectivity index (χ1n) is 4.41. The van der Waals surface area contributed by atoms with E-state index in [0.717, 1.165) is 0 Å². The fourth-order valence-electron chi connectivity index (χ4n) is 0.882. The minimum Gasteiger partial charge on any atom is -0.203 e. The number of hydrogen-bond donors (Lipinski definition) is 0. The van der Waals surface area contributed by atoms with Crippen LogP contribution in [0.5, 0.6) is 0 Å². The lowest BCUT2D eigenvalue weighted by Crippen LogP contribution is -2.48. The van der Waals surface area contributed by atoms with Crippen LogP contribution in [0.2, 0.25) is 0 Å². The van der Waals surface area contributed by atoms with Gasteiger partial charge in [0, 0.05) is 0 Å². The lowest BCUT2D eigenvalue weighted by atomic mass is 11.0. The molecule has 1 rings (SSSR count). The standard InChI is InChI=1S/C5H4F6O8S2/c1-2-20(12,13)18-4(8,9)16-3(6,7)17-5(10,11)19-21(2,14)15/h2H,1H3. The quantitative estimate of drug-likeness (QED) is 0.454. The van der Waals surface area contributed by atoms with Crippen molar-refractivity contribution in [3.05, 3.63) is 0 Å². The first-order valence-corrected chi connectivity index (χ1v) is 7.35. The Morgan fingerprint density at radius 1 is 0.714 bits per heavy atom. The largest absolute Gasteiger partial charge is 0.506 e. The summed E-state index contributed by atoms with van der Waals surface area (Å²) in [6.07, 6.45) is -17.2. The third-order valence-corrected chi connectivity index (χ3v) is 5.61. The summed E-state index contributed by atoms with van der Waals surface area (Å²) in [5.41, 5.74) is 0. The summed E-state index contributed by atoms with van der Waals surface area (Å²) in [5, 5.41) is 0. The zero-order valence-corrected chi connectivity index (χ0v) is 11.1. The molecule has 126 valence electrons. The molecule has 0 spiro atoms. The van der Waals surface area contributed by atoms with Crippen molar-refractivity contribution in [3.63, 3.8) is 0 Å². The van der Waals surface area contributed by atoms with E-state index in [1.807, 2.05) is 0 Å². The summed E-state index contributed by atoms with van der Waals surface area (Å²) in [6, 6.07) is 0. The van der Waals surface area contributed by atoms with Gasteiger partial charge in [-0.2, -0.15) is 25.2 Å². The summed E-state index contributed by atoms with van der Waals surface area (Å²) in [5.74, 6) is 0. The molecule has 1 saturated heterocycles. The highest BCUT2D eigenvalue weighted by molar-refractivity contribution is 8.04. The molecule has 0 N–H and O–H groups in total. The monoisotopic (exact) mass is 370 g/mol. The van der Waals surface area contributed by atoms with Crippen LogP contribution in [0.4, 0.5) is 26.3 Å². The normalized spacial score (nSPS) is 31.4. The summed E-state index contributed by atoms with van der Waals surface area (Å²) in [7, 11) is -11.8. The van der Waals surface area contributed by atoms with Crippen LogP contribution in [0.15, 0.2) is 0 Å². The van der Waals surface area contributed by atoms with Crippen molar-refractivity contribution >= 4 is 20.2 Å². The first kappa shape index (κ1) is 18.4. The van der Waals surface area contributed by atoms with Gasteiger partial charge in [0.15, 0.2) is 0 Å². The third kappa shape index (κ3) is 4.65. The van der Waals surface area contributed by atoms with Crippen molar-refractivity contribution in [1.82, 2.24) is 0 Å². The van der Waals surface area contributed by atoms with E-state index >= 15 is 0 Å². The predicted octanol–water partition coefficient (Wildman–Crippen LogP) is 0.723. The van der Waals surface area contributed by atoms with E-state index < -0.39 is 43.7 Å². The zero-order valence-electron chi connectivity index (χ0n) is 9.43. The van der Waals surface area contributed by atoms with Gasteiger partial charge in [-0.3, -0.25) is 0 Å². The van der Waals surface area contributed by atoms with Gasteiger partial charge in [-0.1, -0.05) is 0 Å². The topological polar surface area (TPSA) is 105 Å². The van der Waals surface area contributed by atoms with E-state index in [9.17, 15) is 43.2 Å². The highest BCUT2D eigenvalue weighted by Crippen LogP contribution is 2.38. The lowest BCUT2D eigenvalue weighted by molar-refractivity contribution is -0.562. The number of rotatable bonds is 0. The summed E-state index contributed by atoms with van der Waals surface area (Å²) in [4.78, 5) is 0. The summed E-state index contributed by atoms with van der Waals surface area (Å²) < 4.78 is 128. The number of halogens is 6. The summed E-state index contributed by atoms with van der Waals surface area (Å²) in [6.45, 7) is 0.108. The SMILES string of the molecule is CC1S(=O)(=O)OC(F)(F)OC(F)(F)OC(F)(F)OS1(=O)=O. The molecule has 0 aromatic carbocycles. The minimum atomic E-state index is -5.89. The molecule has 8 nitrogen and oxygen atoms in total. The van der Waals surface area contributed by atoms with Crippen molar-refractivity contribution in [1.29, 1.82) is 0 Å². The second-order valence-corrected chi connectivity index (χ2v) is 7.33. The molecule has 21 heavy (non-hydrogen) atoms. The van der Waals surface area contributed by atoms with Crippen molar-refractivity contribution in [2.45, 2.75) is 30.4 Å². The molecule has 0 bridgehead atoms. The maximum atomic E-state index is 12.8. The maximum absolute atomic E-state index is 12.8. The lowest BCUT2D eigenvalue weighted by Gasteiger charge is -2.27. The second kappa shape index (κ2) is 4.92. The average molecular weight is 370 g/mol. The van der Waals surface area contributed by atoms with Gasteiger partial charge in [-0.25, -0.2) is 9.47 Å². The van der Waals surface area contributed by atoms with E-state index in [4.69, 9.17) is 0 Å². The third-order valence-electron chi connectivity index (χ3n) is 1.71. The molecular formula is C5H4F6O8S2. The van der Waals surface area contributed by atoms with Crippen LogP contribution in [0.3, 0.4) is 0 Å². The molecule has 0 aromatic rings. The number of hydrogen-bond acceptors (Lipinski definition) is 8. The van der Waals surface area contributed by atoms with E-state index in [0.29, 0.717) is 0 Å². The van der Waals surface area contributed by atoms with Crippen LogP contribution in [0.25, 0.3) is 0 Å². The molecule has 1 fully saturated rings. The van der Waals surface area contributed by atoms with Crippen LogP contribution in [-0.4, -0.2) is 40.3 Å². The minimum absolute atomic E-state index is 0.108. The number of ether oxygens (including phenoxy) is 2. The van der Waals surface area contributed by atoms with Crippen LogP contribution in [0, 0.1) is 0 Å². The fraction of sp³-hybridized carbons (Fsp3) is 1.00. The Morgan fingerprint density at radius 3 is 1.29 bits per heavy atom.